The van der Waals surface area contributed by atoms with Crippen LogP contribution in [-0.2, 0) is 14.4 Å². The molecule has 5 amide bonds. The molecule has 1 aromatic carbocycles. The van der Waals surface area contributed by atoms with Gasteiger partial charge in [0.05, 0.1) is 16.8 Å². The average molecular weight is 426 g/mol. The maximum Gasteiger partial charge on any atom is 0.264 e. The molecule has 164 valence electrons. The first-order valence-corrected chi connectivity index (χ1v) is 10.7. The summed E-state index contributed by atoms with van der Waals surface area (Å²) in [5.74, 6) is -2.52. The monoisotopic (exact) mass is 426 g/mol. The summed E-state index contributed by atoms with van der Waals surface area (Å²) in [6.07, 6.45) is 5.45. The van der Waals surface area contributed by atoms with Crippen LogP contribution in [0.2, 0.25) is 0 Å². The number of benzene rings is 1. The van der Waals surface area contributed by atoms with Crippen LogP contribution in [0.4, 0.5) is 5.69 Å². The van der Waals surface area contributed by atoms with Crippen molar-refractivity contribution in [2.75, 3.05) is 11.9 Å². The van der Waals surface area contributed by atoms with E-state index in [0.29, 0.717) is 6.42 Å². The summed E-state index contributed by atoms with van der Waals surface area (Å²) in [5, 5.41) is 8.01. The van der Waals surface area contributed by atoms with Gasteiger partial charge in [0.15, 0.2) is 7.98 Å². The van der Waals surface area contributed by atoms with Crippen molar-refractivity contribution in [2.24, 2.45) is 0 Å². The van der Waals surface area contributed by atoms with Gasteiger partial charge in [0.2, 0.25) is 17.7 Å². The first-order chi connectivity index (χ1) is 14.9. The van der Waals surface area contributed by atoms with Gasteiger partial charge in [0, 0.05) is 12.8 Å². The lowest BCUT2D eigenvalue weighted by molar-refractivity contribution is -0.136. The Morgan fingerprint density at radius 3 is 2.55 bits per heavy atom. The summed E-state index contributed by atoms with van der Waals surface area (Å²) in [6.45, 7) is 0.988. The summed E-state index contributed by atoms with van der Waals surface area (Å²) in [5.41, 5.74) is 0.513. The number of piperidine rings is 1. The highest BCUT2D eigenvalue weighted by Gasteiger charge is 2.45. The van der Waals surface area contributed by atoms with Crippen molar-refractivity contribution in [1.82, 2.24) is 15.4 Å². The molecule has 0 aliphatic carbocycles. The number of carbonyl (C=O) groups excluding carboxylic acids is 5. The number of anilines is 1. The summed E-state index contributed by atoms with van der Waals surface area (Å²) >= 11 is 0. The Hall–Kier alpha value is -3.01. The fourth-order valence-electron chi connectivity index (χ4n) is 3.95. The smallest absolute Gasteiger partial charge is 0.264 e. The Morgan fingerprint density at radius 2 is 1.81 bits per heavy atom. The van der Waals surface area contributed by atoms with Crippen molar-refractivity contribution >= 4 is 43.2 Å². The molecule has 3 rings (SSSR count). The highest BCUT2D eigenvalue weighted by atomic mass is 16.2. The quantitative estimate of drug-likeness (QED) is 0.284. The highest BCUT2D eigenvalue weighted by Crippen LogP contribution is 2.32. The minimum atomic E-state index is -1.03. The number of hydrogen-bond donors (Lipinski definition) is 3. The molecule has 1 unspecified atom stereocenters. The van der Waals surface area contributed by atoms with Crippen molar-refractivity contribution in [3.63, 3.8) is 0 Å². The number of amides is 5. The molecule has 1 saturated heterocycles. The number of unbranched alkanes of at least 4 members (excludes halogenated alkanes) is 4. The molecular formula is C21H27BN4O5. The second kappa shape index (κ2) is 10.3. The lowest BCUT2D eigenvalue weighted by atomic mass is 10.0. The van der Waals surface area contributed by atoms with Gasteiger partial charge in [-0.3, -0.25) is 34.2 Å². The molecule has 2 heterocycles. The van der Waals surface area contributed by atoms with E-state index in [0.717, 1.165) is 43.5 Å². The fraction of sp³-hybridized carbons (Fsp3) is 0.476. The molecule has 2 aliphatic rings. The van der Waals surface area contributed by atoms with Crippen molar-refractivity contribution in [2.45, 2.75) is 57.4 Å². The van der Waals surface area contributed by atoms with Crippen LogP contribution in [-0.4, -0.2) is 55.0 Å². The molecule has 3 N–H and O–H groups in total. The number of rotatable bonds is 10. The third-order valence-electron chi connectivity index (χ3n) is 5.57. The van der Waals surface area contributed by atoms with Gasteiger partial charge in [-0.2, -0.15) is 0 Å². The largest absolute Gasteiger partial charge is 0.362 e. The van der Waals surface area contributed by atoms with E-state index in [-0.39, 0.29) is 35.6 Å². The number of carbonyl (C=O) groups is 5. The van der Waals surface area contributed by atoms with Crippen LogP contribution in [0, 0.1) is 0 Å². The minimum absolute atomic E-state index is 0.0579. The number of fused-ring (bicyclic) bond motifs is 1. The van der Waals surface area contributed by atoms with E-state index < -0.39 is 29.7 Å². The number of imide groups is 2. The predicted octanol–water partition coefficient (Wildman–Crippen LogP) is 0.505. The van der Waals surface area contributed by atoms with Gasteiger partial charge in [-0.15, -0.1) is 0 Å². The molecule has 0 spiro atoms. The van der Waals surface area contributed by atoms with Crippen molar-refractivity contribution < 1.29 is 24.0 Å². The average Bonchev–Trinajstić information content (AvgIpc) is 2.99. The van der Waals surface area contributed by atoms with Crippen LogP contribution in [0.3, 0.4) is 0 Å². The van der Waals surface area contributed by atoms with E-state index in [4.69, 9.17) is 0 Å². The van der Waals surface area contributed by atoms with Crippen LogP contribution in [0.1, 0.15) is 72.1 Å². The van der Waals surface area contributed by atoms with Crippen LogP contribution >= 0.6 is 0 Å². The van der Waals surface area contributed by atoms with Gasteiger partial charge in [0.25, 0.3) is 11.8 Å². The molecule has 0 radical (unpaired) electrons. The normalized spacial score (nSPS) is 18.2. The maximum absolute atomic E-state index is 13.0. The van der Waals surface area contributed by atoms with Crippen LogP contribution in [0.25, 0.3) is 0 Å². The lowest BCUT2D eigenvalue weighted by Crippen LogP contribution is -2.54. The Labute approximate surface area is 181 Å². The lowest BCUT2D eigenvalue weighted by Gasteiger charge is -2.27. The summed E-state index contributed by atoms with van der Waals surface area (Å²) in [4.78, 5) is 62.7. The first kappa shape index (κ1) is 22.7. The zero-order valence-electron chi connectivity index (χ0n) is 17.7. The topological polar surface area (TPSA) is 125 Å². The summed E-state index contributed by atoms with van der Waals surface area (Å²) < 4.78 is 0. The molecule has 9 nitrogen and oxygen atoms in total. The first-order valence-electron chi connectivity index (χ1n) is 10.7. The number of nitrogens with one attached hydrogen (secondary N) is 3. The van der Waals surface area contributed by atoms with Gasteiger partial charge in [0.1, 0.15) is 6.04 Å². The van der Waals surface area contributed by atoms with E-state index in [1.165, 1.54) is 6.07 Å². The van der Waals surface area contributed by atoms with Gasteiger partial charge in [-0.25, -0.2) is 0 Å². The standard InChI is InChI=1S/C21H27BN4O5/c22-23-12-5-3-1-2-4-9-16(27)24-14-8-6-7-13-18(14)21(31)26(20(13)30)15-10-11-17(28)25-19(15)29/h6-8,15,23H,1-5,9-12,22H2,(H,24,27)(H,25,28,29). The van der Waals surface area contributed by atoms with E-state index in [2.05, 4.69) is 15.9 Å². The Balaban J connectivity index is 1.62. The third kappa shape index (κ3) is 5.19. The number of hydrogen-bond acceptors (Lipinski definition) is 6. The van der Waals surface area contributed by atoms with Gasteiger partial charge in [-0.1, -0.05) is 25.3 Å². The van der Waals surface area contributed by atoms with Crippen LogP contribution in [0.5, 0.6) is 0 Å². The van der Waals surface area contributed by atoms with Crippen LogP contribution in [0.15, 0.2) is 18.2 Å². The molecule has 10 heteroatoms. The van der Waals surface area contributed by atoms with Gasteiger partial charge < -0.3 is 10.5 Å². The zero-order chi connectivity index (χ0) is 22.4. The van der Waals surface area contributed by atoms with E-state index in [1.807, 2.05) is 7.98 Å². The fourth-order valence-corrected chi connectivity index (χ4v) is 3.95. The third-order valence-corrected chi connectivity index (χ3v) is 5.57. The van der Waals surface area contributed by atoms with Crippen molar-refractivity contribution in [3.05, 3.63) is 29.3 Å². The van der Waals surface area contributed by atoms with Crippen molar-refractivity contribution in [3.8, 4) is 0 Å². The van der Waals surface area contributed by atoms with Gasteiger partial charge in [-0.05, 0) is 37.9 Å². The molecule has 1 aromatic rings. The highest BCUT2D eigenvalue weighted by molar-refractivity contribution is 6.26. The van der Waals surface area contributed by atoms with Gasteiger partial charge >= 0.3 is 0 Å². The molecular weight excluding hydrogens is 399 g/mol. The van der Waals surface area contributed by atoms with E-state index in [1.54, 1.807) is 12.1 Å². The maximum atomic E-state index is 13.0. The second-order valence-electron chi connectivity index (χ2n) is 7.84. The Morgan fingerprint density at radius 1 is 1.06 bits per heavy atom. The molecule has 31 heavy (non-hydrogen) atoms. The van der Waals surface area contributed by atoms with E-state index in [9.17, 15) is 24.0 Å². The minimum Gasteiger partial charge on any atom is -0.362 e. The zero-order valence-corrected chi connectivity index (χ0v) is 17.7. The predicted molar refractivity (Wildman–Crippen MR) is 116 cm³/mol. The molecule has 0 aromatic heterocycles. The van der Waals surface area contributed by atoms with Crippen molar-refractivity contribution in [1.29, 1.82) is 0 Å². The summed E-state index contributed by atoms with van der Waals surface area (Å²) in [7, 11) is 1.92. The molecule has 0 bridgehead atoms. The van der Waals surface area contributed by atoms with Crippen LogP contribution < -0.4 is 15.9 Å². The van der Waals surface area contributed by atoms with E-state index >= 15 is 0 Å². The Kier molecular flexibility index (Phi) is 7.57. The molecule has 1 atom stereocenters. The SMILES string of the molecule is BNCCCCCCCC(=O)Nc1cccc2c1C(=O)N(C1CCC(=O)NC1=O)C2=O. The second-order valence-corrected chi connectivity index (χ2v) is 7.84. The summed E-state index contributed by atoms with van der Waals surface area (Å²) in [6, 6.07) is 3.64. The molecule has 2 aliphatic heterocycles. The molecule has 0 saturated carbocycles. The number of nitrogens with zero attached hydrogens (tertiary/aromatic N) is 1. The molecule has 1 fully saturated rings. The Bertz CT molecular complexity index is 904.